The van der Waals surface area contributed by atoms with E-state index in [0.717, 1.165) is 38.4 Å². The molecule has 10 aromatic rings. The summed E-state index contributed by atoms with van der Waals surface area (Å²) in [5, 5.41) is 2.87. The number of rotatable bonds is 4. The van der Waals surface area contributed by atoms with Gasteiger partial charge in [-0.3, -0.25) is 4.57 Å². The molecule has 0 aliphatic rings. The Bertz CT molecular complexity index is 3230. The molecule has 0 saturated heterocycles. The van der Waals surface area contributed by atoms with Gasteiger partial charge in [0.25, 0.3) is 0 Å². The molecule has 7 aromatic carbocycles. The van der Waals surface area contributed by atoms with E-state index < -0.39 is 12.1 Å². The normalized spacial score (nSPS) is 13.8. The number of benzene rings is 7. The van der Waals surface area contributed by atoms with Gasteiger partial charge < -0.3 is 4.57 Å². The van der Waals surface area contributed by atoms with Gasteiger partial charge in [0, 0.05) is 38.2 Å². The summed E-state index contributed by atoms with van der Waals surface area (Å²) in [5.74, 6) is 0.0674. The van der Waals surface area contributed by atoms with Crippen molar-refractivity contribution in [1.82, 2.24) is 19.1 Å². The first kappa shape index (κ1) is 20.6. The number of aromatic nitrogens is 4. The second kappa shape index (κ2) is 10.5. The molecule has 0 N–H and O–H groups in total. The zero-order valence-electron chi connectivity index (χ0n) is 32.4. The third-order valence-corrected chi connectivity index (χ3v) is 8.97. The standard InChI is InChI=1S/C44H28N4/c1-3-13-29(14-4-1)43-35-19-7-10-20-38(35)45-44(46-43)48-40-22-12-9-18-34(40)37-28-31(24-26-42(37)48)30-23-25-41-36(27-30)33-17-8-11-21-39(33)47(41)32-15-5-2-6-16-32/h1-28H/i9D,12D,18D,22D,24D,26D,28D. The maximum Gasteiger partial charge on any atom is 0.235 e. The molecule has 4 nitrogen and oxygen atoms in total. The molecule has 3 aromatic heterocycles. The maximum absolute atomic E-state index is 9.77. The minimum Gasteiger partial charge on any atom is -0.309 e. The molecule has 224 valence electrons. The van der Waals surface area contributed by atoms with E-state index in [2.05, 4.69) is 10.6 Å². The molecule has 4 heteroatoms. The van der Waals surface area contributed by atoms with Gasteiger partial charge in [-0.1, -0.05) is 115 Å². The maximum atomic E-state index is 9.77. The molecular weight excluding hydrogens is 585 g/mol. The summed E-state index contributed by atoms with van der Waals surface area (Å²) < 4.78 is 68.0. The van der Waals surface area contributed by atoms with Crippen molar-refractivity contribution >= 4 is 54.5 Å². The van der Waals surface area contributed by atoms with Crippen molar-refractivity contribution in [1.29, 1.82) is 0 Å². The zero-order valence-corrected chi connectivity index (χ0v) is 25.4. The van der Waals surface area contributed by atoms with Crippen LogP contribution in [0.3, 0.4) is 0 Å². The molecule has 0 saturated carbocycles. The first-order valence-electron chi connectivity index (χ1n) is 19.2. The Hall–Kier alpha value is -6.52. The highest BCUT2D eigenvalue weighted by atomic mass is 15.2. The molecule has 0 spiro atoms. The SMILES string of the molecule is [2H]c1c([2H])c([2H])c2c(c1[2H])c1c([2H])c(-c3ccc4c(c3)c3ccccc3n4-c3ccccc3)c([2H])c([2H])c1n2-c1nc(-c2ccccc2)c2ccccc2n1. The van der Waals surface area contributed by atoms with E-state index in [0.29, 0.717) is 16.8 Å². The van der Waals surface area contributed by atoms with E-state index >= 15 is 0 Å². The summed E-state index contributed by atoms with van der Waals surface area (Å²) >= 11 is 0. The van der Waals surface area contributed by atoms with Gasteiger partial charge in [-0.2, -0.15) is 0 Å². The van der Waals surface area contributed by atoms with Crippen LogP contribution < -0.4 is 0 Å². The molecule has 0 atom stereocenters. The molecule has 0 fully saturated rings. The predicted octanol–water partition coefficient (Wildman–Crippen LogP) is 11.2. The van der Waals surface area contributed by atoms with Crippen LogP contribution in [0.5, 0.6) is 0 Å². The molecular formula is C44H28N4. The zero-order chi connectivity index (χ0) is 37.7. The van der Waals surface area contributed by atoms with Crippen molar-refractivity contribution in [2.75, 3.05) is 0 Å². The Labute approximate surface area is 286 Å². The lowest BCUT2D eigenvalue weighted by Crippen LogP contribution is -2.03. The van der Waals surface area contributed by atoms with Gasteiger partial charge in [0.1, 0.15) is 0 Å². The summed E-state index contributed by atoms with van der Waals surface area (Å²) in [6.07, 6.45) is 0. The van der Waals surface area contributed by atoms with Gasteiger partial charge in [0.2, 0.25) is 5.95 Å². The topological polar surface area (TPSA) is 35.6 Å². The highest BCUT2D eigenvalue weighted by Crippen LogP contribution is 2.38. The van der Waals surface area contributed by atoms with Crippen molar-refractivity contribution < 1.29 is 9.60 Å². The van der Waals surface area contributed by atoms with E-state index in [9.17, 15) is 4.11 Å². The second-order valence-electron chi connectivity index (χ2n) is 11.7. The summed E-state index contributed by atoms with van der Waals surface area (Å²) in [5.41, 5.74) is 5.76. The highest BCUT2D eigenvalue weighted by molar-refractivity contribution is 6.12. The van der Waals surface area contributed by atoms with Crippen LogP contribution in [0.15, 0.2) is 170 Å². The van der Waals surface area contributed by atoms with Crippen LogP contribution >= 0.6 is 0 Å². The molecule has 0 aliphatic heterocycles. The van der Waals surface area contributed by atoms with Crippen LogP contribution in [0.25, 0.3) is 88.5 Å². The Morgan fingerprint density at radius 3 is 2.02 bits per heavy atom. The van der Waals surface area contributed by atoms with Gasteiger partial charge in [0.05, 0.1) is 42.9 Å². The smallest absolute Gasteiger partial charge is 0.235 e. The monoisotopic (exact) mass is 619 g/mol. The molecule has 3 heterocycles. The lowest BCUT2D eigenvalue weighted by molar-refractivity contribution is 1.01. The molecule has 48 heavy (non-hydrogen) atoms. The van der Waals surface area contributed by atoms with E-state index in [-0.39, 0.29) is 63.5 Å². The lowest BCUT2D eigenvalue weighted by Gasteiger charge is -2.12. The summed E-state index contributed by atoms with van der Waals surface area (Å²) in [4.78, 5) is 9.89. The van der Waals surface area contributed by atoms with Crippen molar-refractivity contribution in [2.45, 2.75) is 0 Å². The third kappa shape index (κ3) is 4.03. The van der Waals surface area contributed by atoms with Gasteiger partial charge in [-0.25, -0.2) is 9.97 Å². The minimum atomic E-state index is -0.463. The molecule has 10 rings (SSSR count). The average molecular weight is 620 g/mol. The first-order chi connectivity index (χ1) is 26.7. The van der Waals surface area contributed by atoms with Crippen molar-refractivity contribution in [3.05, 3.63) is 170 Å². The van der Waals surface area contributed by atoms with E-state index in [1.165, 1.54) is 4.57 Å². The Kier molecular flexibility index (Phi) is 4.50. The summed E-state index contributed by atoms with van der Waals surface area (Å²) in [7, 11) is 0. The van der Waals surface area contributed by atoms with Crippen LogP contribution in [0.4, 0.5) is 0 Å². The van der Waals surface area contributed by atoms with Gasteiger partial charge in [-0.05, 0) is 65.7 Å². The quantitative estimate of drug-likeness (QED) is 0.196. The number of para-hydroxylation sites is 4. The fourth-order valence-electron chi connectivity index (χ4n) is 6.82. The van der Waals surface area contributed by atoms with Crippen LogP contribution in [0, 0.1) is 0 Å². The van der Waals surface area contributed by atoms with Crippen molar-refractivity contribution in [2.24, 2.45) is 0 Å². The summed E-state index contributed by atoms with van der Waals surface area (Å²) in [6.45, 7) is 0. The minimum absolute atomic E-state index is 0.0372. The van der Waals surface area contributed by atoms with E-state index in [1.807, 2.05) is 121 Å². The number of nitrogens with zero attached hydrogens (tertiary/aromatic N) is 4. The predicted molar refractivity (Wildman–Crippen MR) is 199 cm³/mol. The fourth-order valence-corrected chi connectivity index (χ4v) is 6.82. The fraction of sp³-hybridized carbons (Fsp3) is 0. The van der Waals surface area contributed by atoms with E-state index in [4.69, 9.17) is 15.5 Å². The lowest BCUT2D eigenvalue weighted by atomic mass is 10.0. The number of fused-ring (bicyclic) bond motifs is 7. The van der Waals surface area contributed by atoms with Crippen molar-refractivity contribution in [3.63, 3.8) is 0 Å². The second-order valence-corrected chi connectivity index (χ2v) is 11.7. The summed E-state index contributed by atoms with van der Waals surface area (Å²) in [6, 6.07) is 38.7. The van der Waals surface area contributed by atoms with Gasteiger partial charge in [-0.15, -0.1) is 0 Å². The highest BCUT2D eigenvalue weighted by Gasteiger charge is 2.18. The van der Waals surface area contributed by atoms with E-state index in [1.54, 1.807) is 0 Å². The molecule has 0 radical (unpaired) electrons. The van der Waals surface area contributed by atoms with Crippen molar-refractivity contribution in [3.8, 4) is 34.0 Å². The largest absolute Gasteiger partial charge is 0.309 e. The number of hydrogen-bond donors (Lipinski definition) is 0. The van der Waals surface area contributed by atoms with Crippen LogP contribution in [0.2, 0.25) is 0 Å². The first-order valence-corrected chi connectivity index (χ1v) is 15.7. The van der Waals surface area contributed by atoms with Crippen LogP contribution in [-0.4, -0.2) is 19.1 Å². The van der Waals surface area contributed by atoms with Crippen LogP contribution in [0.1, 0.15) is 9.60 Å². The molecule has 0 unspecified atom stereocenters. The van der Waals surface area contributed by atoms with Gasteiger partial charge in [0.15, 0.2) is 0 Å². The van der Waals surface area contributed by atoms with Gasteiger partial charge >= 0.3 is 0 Å². The average Bonchev–Trinajstić information content (AvgIpc) is 3.76. The number of hydrogen-bond acceptors (Lipinski definition) is 2. The third-order valence-electron chi connectivity index (χ3n) is 8.97. The molecule has 0 aliphatic carbocycles. The Balaban J connectivity index is 1.32. The molecule has 0 amide bonds. The molecule has 0 bridgehead atoms. The Morgan fingerprint density at radius 1 is 0.438 bits per heavy atom. The van der Waals surface area contributed by atoms with Crippen LogP contribution in [-0.2, 0) is 0 Å². The Morgan fingerprint density at radius 2 is 1.15 bits per heavy atom.